The number of aromatic nitrogens is 3. The molecule has 10 rings (SSSR count). The monoisotopic (exact) mass is 724 g/mol. The van der Waals surface area contributed by atoms with E-state index in [1.54, 1.807) is 11.3 Å². The van der Waals surface area contributed by atoms with Crippen LogP contribution < -0.4 is 5.32 Å². The third-order valence-corrected chi connectivity index (χ3v) is 10.9. The van der Waals surface area contributed by atoms with Crippen molar-refractivity contribution in [3.05, 3.63) is 199 Å². The van der Waals surface area contributed by atoms with Crippen LogP contribution in [0.2, 0.25) is 0 Å². The van der Waals surface area contributed by atoms with Crippen LogP contribution in [0.15, 0.2) is 192 Å². The Balaban J connectivity index is 1.17. The summed E-state index contributed by atoms with van der Waals surface area (Å²) in [5.41, 5.74) is 7.96. The van der Waals surface area contributed by atoms with Crippen LogP contribution in [-0.2, 0) is 0 Å². The third-order valence-electron chi connectivity index (χ3n) is 9.77. The first-order chi connectivity index (χ1) is 27.2. The maximum atomic E-state index is 5.27. The van der Waals surface area contributed by atoms with Gasteiger partial charge in [-0.3, -0.25) is 0 Å². The summed E-state index contributed by atoms with van der Waals surface area (Å²) in [6.07, 6.45) is -0.444. The molecule has 6 nitrogen and oxygen atoms in total. The maximum Gasteiger partial charge on any atom is 0.164 e. The molecule has 0 radical (unpaired) electrons. The van der Waals surface area contributed by atoms with E-state index in [9.17, 15) is 0 Å². The largest absolute Gasteiger partial charge is 0.344 e. The minimum Gasteiger partial charge on any atom is -0.344 e. The number of hydrogen-bond donors (Lipinski definition) is 1. The van der Waals surface area contributed by atoms with Gasteiger partial charge >= 0.3 is 0 Å². The Kier molecular flexibility index (Phi) is 8.31. The van der Waals surface area contributed by atoms with Crippen LogP contribution in [-0.4, -0.2) is 26.6 Å². The molecule has 0 fully saturated rings. The highest BCUT2D eigenvalue weighted by atomic mass is 32.1. The van der Waals surface area contributed by atoms with E-state index < -0.39 is 6.17 Å². The third kappa shape index (κ3) is 6.37. The second-order valence-electron chi connectivity index (χ2n) is 13.4. The van der Waals surface area contributed by atoms with Gasteiger partial charge in [-0.15, -0.1) is 11.3 Å². The van der Waals surface area contributed by atoms with E-state index in [4.69, 9.17) is 24.9 Å². The molecule has 3 heterocycles. The number of thiophene rings is 1. The van der Waals surface area contributed by atoms with Crippen molar-refractivity contribution in [1.82, 2.24) is 20.3 Å². The summed E-state index contributed by atoms with van der Waals surface area (Å²) in [4.78, 5) is 25.8. The quantitative estimate of drug-likeness (QED) is 0.178. The fourth-order valence-corrected chi connectivity index (χ4v) is 8.28. The van der Waals surface area contributed by atoms with Crippen molar-refractivity contribution < 1.29 is 0 Å². The molecule has 9 aromatic rings. The molecule has 0 spiro atoms. The van der Waals surface area contributed by atoms with Crippen LogP contribution in [0.4, 0.5) is 0 Å². The smallest absolute Gasteiger partial charge is 0.164 e. The molecular formula is C48H32N6S. The van der Waals surface area contributed by atoms with Gasteiger partial charge in [-0.25, -0.2) is 24.9 Å². The van der Waals surface area contributed by atoms with E-state index in [1.165, 1.54) is 4.70 Å². The summed E-state index contributed by atoms with van der Waals surface area (Å²) >= 11 is 1.77. The lowest BCUT2D eigenvalue weighted by molar-refractivity contribution is 0.675. The molecule has 0 aliphatic carbocycles. The average Bonchev–Trinajstić information content (AvgIpc) is 3.66. The Morgan fingerprint density at radius 3 is 1.65 bits per heavy atom. The van der Waals surface area contributed by atoms with E-state index in [0.29, 0.717) is 23.3 Å². The fourth-order valence-electron chi connectivity index (χ4n) is 7.10. The zero-order chi connectivity index (χ0) is 36.6. The molecule has 0 saturated carbocycles. The van der Waals surface area contributed by atoms with Gasteiger partial charge in [-0.1, -0.05) is 158 Å². The Hall–Kier alpha value is -7.09. The molecule has 1 N–H and O–H groups in total. The van der Waals surface area contributed by atoms with Crippen molar-refractivity contribution in [3.63, 3.8) is 0 Å². The molecule has 2 aromatic heterocycles. The first kappa shape index (κ1) is 32.6. The van der Waals surface area contributed by atoms with Gasteiger partial charge in [0.15, 0.2) is 23.3 Å². The Morgan fingerprint density at radius 1 is 0.436 bits per heavy atom. The van der Waals surface area contributed by atoms with E-state index >= 15 is 0 Å². The van der Waals surface area contributed by atoms with Gasteiger partial charge in [0, 0.05) is 48.0 Å². The first-order valence-electron chi connectivity index (χ1n) is 18.2. The van der Waals surface area contributed by atoms with Crippen LogP contribution in [0.5, 0.6) is 0 Å². The number of amidine groups is 2. The van der Waals surface area contributed by atoms with Crippen LogP contribution in [0.25, 0.3) is 65.5 Å². The molecule has 7 aromatic carbocycles. The Morgan fingerprint density at radius 2 is 0.982 bits per heavy atom. The number of fused-ring (bicyclic) bond motifs is 3. The van der Waals surface area contributed by atoms with Crippen LogP contribution in [0, 0.1) is 0 Å². The zero-order valence-electron chi connectivity index (χ0n) is 29.5. The number of aliphatic imine (C=N–C) groups is 2. The summed E-state index contributed by atoms with van der Waals surface area (Å²) in [6.45, 7) is 0. The normalized spacial score (nSPS) is 14.0. The van der Waals surface area contributed by atoms with Crippen molar-refractivity contribution >= 4 is 43.2 Å². The molecule has 55 heavy (non-hydrogen) atoms. The maximum absolute atomic E-state index is 5.27. The van der Waals surface area contributed by atoms with Gasteiger partial charge in [-0.2, -0.15) is 0 Å². The van der Waals surface area contributed by atoms with Gasteiger partial charge in [0.25, 0.3) is 0 Å². The summed E-state index contributed by atoms with van der Waals surface area (Å²) in [6, 6.07) is 62.3. The molecule has 0 amide bonds. The lowest BCUT2D eigenvalue weighted by atomic mass is 9.99. The molecule has 260 valence electrons. The lowest BCUT2D eigenvalue weighted by Crippen LogP contribution is -2.33. The number of nitrogens with zero attached hydrogens (tertiary/aromatic N) is 5. The SMILES string of the molecule is c1ccc(C2=NC(c3cc(-c4nc(-c5ccccc5)nc(-c5ccccc5)n4)c4c(c3)sc3ccccc34)NC(c3cccc(-c4ccccc4)c3)=N2)cc1. The molecule has 0 saturated heterocycles. The molecule has 1 aliphatic heterocycles. The van der Waals surface area contributed by atoms with Gasteiger partial charge < -0.3 is 5.32 Å². The highest BCUT2D eigenvalue weighted by Gasteiger charge is 2.25. The minimum absolute atomic E-state index is 0.444. The van der Waals surface area contributed by atoms with Crippen molar-refractivity contribution in [3.8, 4) is 45.3 Å². The van der Waals surface area contributed by atoms with Crippen molar-refractivity contribution in [2.75, 3.05) is 0 Å². The van der Waals surface area contributed by atoms with Gasteiger partial charge in [0.05, 0.1) is 0 Å². The predicted octanol–water partition coefficient (Wildman–Crippen LogP) is 11.4. The predicted molar refractivity (Wildman–Crippen MR) is 226 cm³/mol. The van der Waals surface area contributed by atoms with Crippen molar-refractivity contribution in [2.45, 2.75) is 6.17 Å². The number of rotatable bonds is 7. The van der Waals surface area contributed by atoms with Gasteiger partial charge in [0.2, 0.25) is 0 Å². The Bertz CT molecular complexity index is 2830. The second kappa shape index (κ2) is 14.0. The van der Waals surface area contributed by atoms with Crippen LogP contribution in [0.3, 0.4) is 0 Å². The first-order valence-corrected chi connectivity index (χ1v) is 19.0. The van der Waals surface area contributed by atoms with Crippen LogP contribution >= 0.6 is 11.3 Å². The molecule has 1 aliphatic rings. The average molecular weight is 725 g/mol. The molecule has 0 bridgehead atoms. The minimum atomic E-state index is -0.444. The highest BCUT2D eigenvalue weighted by Crippen LogP contribution is 2.42. The standard InChI is InChI=1S/C48H32N6S/c1-5-16-31(17-6-1)35-24-15-25-36(28-35)46-50-43(32-18-7-2-8-19-32)51-47(52-46)37-29-39(42-38-26-13-14-27-40(38)55-41(42)30-37)48-53-44(33-20-9-3-10-21-33)49-45(54-48)34-22-11-4-12-23-34/h1-30,47H,(H,50,51,52). The molecule has 1 unspecified atom stereocenters. The number of hydrogen-bond acceptors (Lipinski definition) is 7. The van der Waals surface area contributed by atoms with Crippen molar-refractivity contribution in [2.24, 2.45) is 9.98 Å². The van der Waals surface area contributed by atoms with E-state index in [2.05, 4.69) is 102 Å². The summed E-state index contributed by atoms with van der Waals surface area (Å²) in [7, 11) is 0. The van der Waals surface area contributed by atoms with Crippen LogP contribution in [0.1, 0.15) is 22.9 Å². The number of nitrogens with one attached hydrogen (secondary N) is 1. The number of benzene rings is 7. The highest BCUT2D eigenvalue weighted by molar-refractivity contribution is 7.26. The van der Waals surface area contributed by atoms with Gasteiger partial charge in [0.1, 0.15) is 12.0 Å². The summed E-state index contributed by atoms with van der Waals surface area (Å²) < 4.78 is 2.33. The molecular weight excluding hydrogens is 693 g/mol. The van der Waals surface area contributed by atoms with Gasteiger partial charge in [-0.05, 0) is 41.0 Å². The zero-order valence-corrected chi connectivity index (χ0v) is 30.4. The van der Waals surface area contributed by atoms with E-state index in [1.807, 2.05) is 84.9 Å². The lowest BCUT2D eigenvalue weighted by Gasteiger charge is -2.24. The summed E-state index contributed by atoms with van der Waals surface area (Å²) in [5.74, 6) is 3.27. The second-order valence-corrected chi connectivity index (χ2v) is 14.4. The van der Waals surface area contributed by atoms with E-state index in [0.717, 1.165) is 65.8 Å². The van der Waals surface area contributed by atoms with Crippen molar-refractivity contribution in [1.29, 1.82) is 0 Å². The molecule has 7 heteroatoms. The topological polar surface area (TPSA) is 75.4 Å². The fraction of sp³-hybridized carbons (Fsp3) is 0.0208. The summed E-state index contributed by atoms with van der Waals surface area (Å²) in [5, 5.41) is 6.01. The molecule has 1 atom stereocenters. The Labute approximate surface area is 322 Å². The van der Waals surface area contributed by atoms with E-state index in [-0.39, 0.29) is 0 Å².